The van der Waals surface area contributed by atoms with Gasteiger partial charge in [0.2, 0.25) is 0 Å². The lowest BCUT2D eigenvalue weighted by atomic mass is 10.4. The fourth-order valence-corrected chi connectivity index (χ4v) is 1.21. The van der Waals surface area contributed by atoms with Gasteiger partial charge in [-0.25, -0.2) is 4.98 Å². The van der Waals surface area contributed by atoms with Crippen LogP contribution < -0.4 is 11.1 Å². The molecule has 0 aliphatic carbocycles. The number of rotatable bonds is 3. The lowest BCUT2D eigenvalue weighted by Crippen LogP contribution is -2.25. The van der Waals surface area contributed by atoms with Crippen molar-refractivity contribution in [2.75, 3.05) is 5.73 Å². The first kappa shape index (κ1) is 11.0. The number of anilines is 1. The molecule has 0 aliphatic heterocycles. The molecule has 0 aliphatic rings. The molecule has 0 unspecified atom stereocenters. The highest BCUT2D eigenvalue weighted by Gasteiger charge is 2.09. The molecule has 17 heavy (non-hydrogen) atoms. The Balaban J connectivity index is 2.01. The van der Waals surface area contributed by atoms with Gasteiger partial charge < -0.3 is 15.6 Å². The Morgan fingerprint density at radius 2 is 2.35 bits per heavy atom. The minimum atomic E-state index is -0.354. The Labute approximate surface area is 96.9 Å². The Bertz CT molecular complexity index is 536. The molecule has 1 amide bonds. The van der Waals surface area contributed by atoms with Crippen LogP contribution in [0.3, 0.4) is 0 Å². The molecule has 0 aromatic carbocycles. The second-order valence-electron chi connectivity index (χ2n) is 3.37. The molecule has 0 atom stereocenters. The summed E-state index contributed by atoms with van der Waals surface area (Å²) in [6, 6.07) is 0. The van der Waals surface area contributed by atoms with Crippen LogP contribution in [0.4, 0.5) is 5.82 Å². The number of hydrogen-bond donors (Lipinski definition) is 2. The summed E-state index contributed by atoms with van der Waals surface area (Å²) in [6.07, 6.45) is 4.28. The molecule has 8 nitrogen and oxygen atoms in total. The van der Waals surface area contributed by atoms with E-state index in [0.29, 0.717) is 5.82 Å². The van der Waals surface area contributed by atoms with Gasteiger partial charge in [0.05, 0.1) is 18.9 Å². The number of nitrogens with zero attached hydrogens (tertiary/aromatic N) is 5. The first-order valence-electron chi connectivity index (χ1n) is 4.85. The Kier molecular flexibility index (Phi) is 2.95. The van der Waals surface area contributed by atoms with Crippen molar-refractivity contribution >= 4 is 11.7 Å². The van der Waals surface area contributed by atoms with Gasteiger partial charge in [-0.15, -0.1) is 10.2 Å². The summed E-state index contributed by atoms with van der Waals surface area (Å²) in [5.41, 5.74) is 5.60. The van der Waals surface area contributed by atoms with Gasteiger partial charge in [-0.05, 0) is 0 Å². The molecule has 3 N–H and O–H groups in total. The molecule has 0 radical (unpaired) electrons. The minimum absolute atomic E-state index is 0.173. The van der Waals surface area contributed by atoms with Crippen molar-refractivity contribution in [2.24, 2.45) is 7.05 Å². The zero-order chi connectivity index (χ0) is 12.3. The summed E-state index contributed by atoms with van der Waals surface area (Å²) in [5, 5.41) is 10.2. The van der Waals surface area contributed by atoms with E-state index >= 15 is 0 Å². The van der Waals surface area contributed by atoms with Crippen molar-refractivity contribution in [3.8, 4) is 0 Å². The topological polar surface area (TPSA) is 112 Å². The van der Waals surface area contributed by atoms with E-state index < -0.39 is 0 Å². The largest absolute Gasteiger partial charge is 0.382 e. The van der Waals surface area contributed by atoms with Gasteiger partial charge in [-0.1, -0.05) is 0 Å². The smallest absolute Gasteiger partial charge is 0.271 e. The number of carbonyl (C=O) groups excluding carboxylic acids is 1. The van der Waals surface area contributed by atoms with Crippen molar-refractivity contribution in [3.05, 3.63) is 30.2 Å². The van der Waals surface area contributed by atoms with Crippen LogP contribution in [0.5, 0.6) is 0 Å². The molecule has 2 aromatic heterocycles. The van der Waals surface area contributed by atoms with E-state index in [4.69, 9.17) is 5.73 Å². The van der Waals surface area contributed by atoms with Crippen molar-refractivity contribution in [2.45, 2.75) is 6.54 Å². The monoisotopic (exact) mass is 233 g/mol. The molecule has 0 saturated carbocycles. The van der Waals surface area contributed by atoms with Crippen LogP contribution in [-0.2, 0) is 13.6 Å². The van der Waals surface area contributed by atoms with Crippen LogP contribution in [0.25, 0.3) is 0 Å². The van der Waals surface area contributed by atoms with E-state index in [-0.39, 0.29) is 24.0 Å². The molecule has 2 heterocycles. The molecular weight excluding hydrogens is 222 g/mol. The first-order chi connectivity index (χ1) is 8.16. The molecule has 88 valence electrons. The summed E-state index contributed by atoms with van der Waals surface area (Å²) in [7, 11) is 1.79. The average Bonchev–Trinajstić information content (AvgIpc) is 2.72. The van der Waals surface area contributed by atoms with Crippen molar-refractivity contribution < 1.29 is 4.79 Å². The normalized spacial score (nSPS) is 10.2. The number of nitrogen functional groups attached to an aromatic ring is 1. The number of nitrogens with one attached hydrogen (secondary N) is 1. The number of aromatic nitrogens is 5. The van der Waals surface area contributed by atoms with E-state index in [9.17, 15) is 4.79 Å². The summed E-state index contributed by atoms with van der Waals surface area (Å²) in [6.45, 7) is 0.270. The number of carbonyl (C=O) groups is 1. The first-order valence-corrected chi connectivity index (χ1v) is 4.85. The SMILES string of the molecule is Cn1cnnc1CNC(=O)c1cncc(N)n1. The average molecular weight is 233 g/mol. The molecule has 8 heteroatoms. The zero-order valence-corrected chi connectivity index (χ0v) is 9.16. The van der Waals surface area contributed by atoms with E-state index in [0.717, 1.165) is 0 Å². The van der Waals surface area contributed by atoms with Crippen LogP contribution in [0.2, 0.25) is 0 Å². The zero-order valence-electron chi connectivity index (χ0n) is 9.16. The number of nitrogens with two attached hydrogens (primary N) is 1. The molecule has 0 bridgehead atoms. The molecule has 2 rings (SSSR count). The van der Waals surface area contributed by atoms with Gasteiger partial charge in [0.15, 0.2) is 5.82 Å². The van der Waals surface area contributed by atoms with E-state index in [1.807, 2.05) is 0 Å². The van der Waals surface area contributed by atoms with E-state index in [1.54, 1.807) is 17.9 Å². The van der Waals surface area contributed by atoms with Gasteiger partial charge in [0.1, 0.15) is 17.8 Å². The summed E-state index contributed by atoms with van der Waals surface area (Å²) in [4.78, 5) is 19.3. The van der Waals surface area contributed by atoms with Crippen LogP contribution in [0, 0.1) is 0 Å². The molecule has 0 fully saturated rings. The van der Waals surface area contributed by atoms with Crippen LogP contribution in [0.1, 0.15) is 16.3 Å². The Hall–Kier alpha value is -2.51. The van der Waals surface area contributed by atoms with Crippen LogP contribution in [0.15, 0.2) is 18.7 Å². The third kappa shape index (κ3) is 2.54. The number of amides is 1. The highest BCUT2D eigenvalue weighted by Crippen LogP contribution is 1.98. The second-order valence-corrected chi connectivity index (χ2v) is 3.37. The van der Waals surface area contributed by atoms with Gasteiger partial charge >= 0.3 is 0 Å². The fourth-order valence-electron chi connectivity index (χ4n) is 1.21. The van der Waals surface area contributed by atoms with Gasteiger partial charge in [0, 0.05) is 7.05 Å². The molecular formula is C9H11N7O. The molecule has 2 aromatic rings. The maximum Gasteiger partial charge on any atom is 0.271 e. The highest BCUT2D eigenvalue weighted by molar-refractivity contribution is 5.92. The van der Waals surface area contributed by atoms with Crippen LogP contribution in [-0.4, -0.2) is 30.6 Å². The Morgan fingerprint density at radius 1 is 1.53 bits per heavy atom. The Morgan fingerprint density at radius 3 is 3.00 bits per heavy atom. The van der Waals surface area contributed by atoms with Crippen molar-refractivity contribution in [1.29, 1.82) is 0 Å². The highest BCUT2D eigenvalue weighted by atomic mass is 16.1. The summed E-state index contributed by atoms with van der Waals surface area (Å²) >= 11 is 0. The van der Waals surface area contributed by atoms with E-state index in [1.165, 1.54) is 12.4 Å². The lowest BCUT2D eigenvalue weighted by Gasteiger charge is -2.03. The maximum atomic E-state index is 11.7. The number of aryl methyl sites for hydroxylation is 1. The summed E-state index contributed by atoms with van der Waals surface area (Å²) < 4.78 is 1.71. The van der Waals surface area contributed by atoms with Crippen LogP contribution >= 0.6 is 0 Å². The maximum absolute atomic E-state index is 11.7. The third-order valence-electron chi connectivity index (χ3n) is 2.10. The lowest BCUT2D eigenvalue weighted by molar-refractivity contribution is 0.0944. The molecule has 0 spiro atoms. The van der Waals surface area contributed by atoms with Crippen molar-refractivity contribution in [3.63, 3.8) is 0 Å². The van der Waals surface area contributed by atoms with Gasteiger partial charge in [-0.2, -0.15) is 0 Å². The standard InChI is InChI=1S/C9H11N7O/c1-16-5-13-15-8(16)4-12-9(17)6-2-11-3-7(10)14-6/h2-3,5H,4H2,1H3,(H2,10,14)(H,12,17). The fraction of sp³-hybridized carbons (Fsp3) is 0.222. The summed E-state index contributed by atoms with van der Waals surface area (Å²) in [5.74, 6) is 0.499. The van der Waals surface area contributed by atoms with E-state index in [2.05, 4.69) is 25.5 Å². The predicted molar refractivity (Wildman–Crippen MR) is 58.6 cm³/mol. The second kappa shape index (κ2) is 4.56. The number of hydrogen-bond acceptors (Lipinski definition) is 6. The molecule has 0 saturated heterocycles. The van der Waals surface area contributed by atoms with Crippen molar-refractivity contribution in [1.82, 2.24) is 30.0 Å². The van der Waals surface area contributed by atoms with Gasteiger partial charge in [0.25, 0.3) is 5.91 Å². The van der Waals surface area contributed by atoms with Gasteiger partial charge in [-0.3, -0.25) is 9.78 Å². The minimum Gasteiger partial charge on any atom is -0.382 e. The third-order valence-corrected chi connectivity index (χ3v) is 2.10. The predicted octanol–water partition coefficient (Wildman–Crippen LogP) is -0.883. The quantitative estimate of drug-likeness (QED) is 0.711.